The SMILES string of the molecule is c1ccc(-c2ccc(-c3nc(-c4cc(-c5ccccc5)c5ccccc5c4)nc(-c4cccc5ccccc45)n3)cc2-n2c3ccccc3c3ccccc32)cc1. The largest absolute Gasteiger partial charge is 0.309 e. The van der Waals surface area contributed by atoms with Crippen molar-refractivity contribution in [1.82, 2.24) is 19.5 Å². The van der Waals surface area contributed by atoms with E-state index in [2.05, 4.69) is 211 Å². The maximum Gasteiger partial charge on any atom is 0.164 e. The van der Waals surface area contributed by atoms with E-state index in [-0.39, 0.29) is 0 Å². The minimum absolute atomic E-state index is 0.610. The number of para-hydroxylation sites is 2. The molecule has 57 heavy (non-hydrogen) atoms. The first-order valence-electron chi connectivity index (χ1n) is 19.3. The van der Waals surface area contributed by atoms with Crippen LogP contribution in [0.1, 0.15) is 0 Å². The number of aromatic nitrogens is 4. The third kappa shape index (κ3) is 5.66. The molecule has 0 spiro atoms. The van der Waals surface area contributed by atoms with E-state index in [9.17, 15) is 0 Å². The van der Waals surface area contributed by atoms with Crippen LogP contribution in [-0.2, 0) is 0 Å². The van der Waals surface area contributed by atoms with Crippen LogP contribution < -0.4 is 0 Å². The summed E-state index contributed by atoms with van der Waals surface area (Å²) in [5, 5.41) is 6.97. The summed E-state index contributed by atoms with van der Waals surface area (Å²) in [6.07, 6.45) is 0. The molecule has 4 heteroatoms. The molecular weight excluding hydrogens is 693 g/mol. The second-order valence-electron chi connectivity index (χ2n) is 14.4. The molecule has 0 aliphatic heterocycles. The van der Waals surface area contributed by atoms with Crippen LogP contribution in [0.2, 0.25) is 0 Å². The Balaban J connectivity index is 1.19. The summed E-state index contributed by atoms with van der Waals surface area (Å²) in [7, 11) is 0. The fourth-order valence-electron chi connectivity index (χ4n) is 8.37. The predicted octanol–water partition coefficient (Wildman–Crippen LogP) is 13.6. The van der Waals surface area contributed by atoms with Gasteiger partial charge in [-0.25, -0.2) is 15.0 Å². The third-order valence-electron chi connectivity index (χ3n) is 11.0. The predicted molar refractivity (Wildman–Crippen MR) is 236 cm³/mol. The van der Waals surface area contributed by atoms with Gasteiger partial charge in [0, 0.05) is 33.0 Å². The van der Waals surface area contributed by atoms with Gasteiger partial charge in [-0.1, -0.05) is 176 Å². The zero-order chi connectivity index (χ0) is 37.7. The van der Waals surface area contributed by atoms with Gasteiger partial charge < -0.3 is 4.57 Å². The molecule has 0 saturated heterocycles. The van der Waals surface area contributed by atoms with Crippen molar-refractivity contribution in [2.45, 2.75) is 0 Å². The molecule has 2 aromatic heterocycles. The molecule has 2 heterocycles. The number of rotatable bonds is 6. The fraction of sp³-hybridized carbons (Fsp3) is 0. The maximum atomic E-state index is 5.34. The van der Waals surface area contributed by atoms with Gasteiger partial charge >= 0.3 is 0 Å². The Labute approximate surface area is 330 Å². The summed E-state index contributed by atoms with van der Waals surface area (Å²) < 4.78 is 2.39. The first kappa shape index (κ1) is 32.7. The van der Waals surface area contributed by atoms with Crippen LogP contribution in [0.15, 0.2) is 206 Å². The molecule has 0 bridgehead atoms. The normalized spacial score (nSPS) is 11.5. The molecule has 0 N–H and O–H groups in total. The molecule has 0 aliphatic carbocycles. The summed E-state index contributed by atoms with van der Waals surface area (Å²) in [4.78, 5) is 15.9. The third-order valence-corrected chi connectivity index (χ3v) is 11.0. The molecule has 4 nitrogen and oxygen atoms in total. The number of nitrogens with zero attached hydrogens (tertiary/aromatic N) is 4. The molecule has 11 aromatic rings. The van der Waals surface area contributed by atoms with E-state index in [4.69, 9.17) is 15.0 Å². The van der Waals surface area contributed by atoms with E-state index in [0.29, 0.717) is 17.5 Å². The Morgan fingerprint density at radius 2 is 0.789 bits per heavy atom. The van der Waals surface area contributed by atoms with Gasteiger partial charge in [0.1, 0.15) is 0 Å². The lowest BCUT2D eigenvalue weighted by atomic mass is 9.95. The van der Waals surface area contributed by atoms with Crippen molar-refractivity contribution in [2.75, 3.05) is 0 Å². The topological polar surface area (TPSA) is 43.6 Å². The zero-order valence-corrected chi connectivity index (χ0v) is 30.9. The summed E-state index contributed by atoms with van der Waals surface area (Å²) in [6, 6.07) is 72.8. The van der Waals surface area contributed by atoms with Crippen LogP contribution in [0.25, 0.3) is 105 Å². The van der Waals surface area contributed by atoms with Crippen molar-refractivity contribution in [1.29, 1.82) is 0 Å². The molecule has 0 unspecified atom stereocenters. The lowest BCUT2D eigenvalue weighted by Crippen LogP contribution is -2.03. The van der Waals surface area contributed by atoms with Gasteiger partial charge in [0.15, 0.2) is 17.5 Å². The van der Waals surface area contributed by atoms with Gasteiger partial charge in [-0.2, -0.15) is 0 Å². The van der Waals surface area contributed by atoms with Crippen LogP contribution in [-0.4, -0.2) is 19.5 Å². The summed E-state index contributed by atoms with van der Waals surface area (Å²) in [5.74, 6) is 1.86. The number of fused-ring (bicyclic) bond motifs is 5. The van der Waals surface area contributed by atoms with Crippen LogP contribution in [0.5, 0.6) is 0 Å². The van der Waals surface area contributed by atoms with Crippen LogP contribution in [0.4, 0.5) is 0 Å². The van der Waals surface area contributed by atoms with Gasteiger partial charge in [-0.15, -0.1) is 0 Å². The highest BCUT2D eigenvalue weighted by Gasteiger charge is 2.20. The van der Waals surface area contributed by atoms with Gasteiger partial charge in [-0.3, -0.25) is 0 Å². The Kier molecular flexibility index (Phi) is 7.78. The lowest BCUT2D eigenvalue weighted by Gasteiger charge is -2.17. The molecule has 0 aliphatic rings. The number of benzene rings is 9. The quantitative estimate of drug-likeness (QED) is 0.171. The first-order chi connectivity index (χ1) is 28.3. The highest BCUT2D eigenvalue weighted by molar-refractivity contribution is 6.10. The monoisotopic (exact) mass is 726 g/mol. The second kappa shape index (κ2) is 13.6. The molecule has 0 amide bonds. The molecular formula is C53H34N4. The van der Waals surface area contributed by atoms with Crippen LogP contribution in [0.3, 0.4) is 0 Å². The molecule has 0 radical (unpaired) electrons. The van der Waals surface area contributed by atoms with Crippen molar-refractivity contribution in [3.8, 4) is 62.1 Å². The fourth-order valence-corrected chi connectivity index (χ4v) is 8.37. The highest BCUT2D eigenvalue weighted by Crippen LogP contribution is 2.39. The Morgan fingerprint density at radius 3 is 1.47 bits per heavy atom. The maximum absolute atomic E-state index is 5.34. The molecule has 0 atom stereocenters. The zero-order valence-electron chi connectivity index (χ0n) is 30.9. The van der Waals surface area contributed by atoms with Crippen molar-refractivity contribution < 1.29 is 0 Å². The minimum atomic E-state index is 0.610. The standard InChI is InChI=1S/C53H34N4/c1-3-16-36(17-4-1)43-31-30-39(34-50(43)57-48-28-13-11-25-44(48)45-26-12-14-29-49(45)57)51-54-52(56-53(55-51)46-27-15-22-35-20-7-9-23-41(35)46)40-32-38-21-8-10-24-42(38)47(33-40)37-18-5-2-6-19-37/h1-34H. The Hall–Kier alpha value is -7.69. The molecule has 266 valence electrons. The molecule has 0 saturated carbocycles. The van der Waals surface area contributed by atoms with Crippen molar-refractivity contribution >= 4 is 43.4 Å². The molecule has 9 aromatic carbocycles. The van der Waals surface area contributed by atoms with E-state index < -0.39 is 0 Å². The van der Waals surface area contributed by atoms with E-state index in [0.717, 1.165) is 71.8 Å². The lowest BCUT2D eigenvalue weighted by molar-refractivity contribution is 1.07. The summed E-state index contributed by atoms with van der Waals surface area (Å²) >= 11 is 0. The first-order valence-corrected chi connectivity index (χ1v) is 19.3. The number of hydrogen-bond acceptors (Lipinski definition) is 3. The van der Waals surface area contributed by atoms with E-state index in [1.807, 2.05) is 0 Å². The highest BCUT2D eigenvalue weighted by atomic mass is 15.0. The van der Waals surface area contributed by atoms with Gasteiger partial charge in [0.2, 0.25) is 0 Å². The Bertz CT molecular complexity index is 3230. The number of hydrogen-bond donors (Lipinski definition) is 0. The Morgan fingerprint density at radius 1 is 0.281 bits per heavy atom. The van der Waals surface area contributed by atoms with E-state index in [1.165, 1.54) is 16.2 Å². The average molecular weight is 727 g/mol. The van der Waals surface area contributed by atoms with Crippen LogP contribution in [0, 0.1) is 0 Å². The molecule has 11 rings (SSSR count). The molecule has 0 fully saturated rings. The second-order valence-corrected chi connectivity index (χ2v) is 14.4. The summed E-state index contributed by atoms with van der Waals surface area (Å²) in [5.41, 5.74) is 10.7. The van der Waals surface area contributed by atoms with Crippen molar-refractivity contribution in [3.05, 3.63) is 206 Å². The van der Waals surface area contributed by atoms with Gasteiger partial charge in [0.25, 0.3) is 0 Å². The minimum Gasteiger partial charge on any atom is -0.309 e. The van der Waals surface area contributed by atoms with Gasteiger partial charge in [-0.05, 0) is 68.6 Å². The smallest absolute Gasteiger partial charge is 0.164 e. The van der Waals surface area contributed by atoms with Crippen LogP contribution >= 0.6 is 0 Å². The van der Waals surface area contributed by atoms with Crippen molar-refractivity contribution in [2.24, 2.45) is 0 Å². The average Bonchev–Trinajstić information content (AvgIpc) is 3.63. The van der Waals surface area contributed by atoms with E-state index in [1.54, 1.807) is 0 Å². The van der Waals surface area contributed by atoms with Crippen molar-refractivity contribution in [3.63, 3.8) is 0 Å². The van der Waals surface area contributed by atoms with E-state index >= 15 is 0 Å². The summed E-state index contributed by atoms with van der Waals surface area (Å²) in [6.45, 7) is 0. The van der Waals surface area contributed by atoms with Gasteiger partial charge in [0.05, 0.1) is 16.7 Å².